The van der Waals surface area contributed by atoms with E-state index in [0.29, 0.717) is 0 Å². The van der Waals surface area contributed by atoms with Gasteiger partial charge in [0.2, 0.25) is 0 Å². The van der Waals surface area contributed by atoms with Gasteiger partial charge in [-0.15, -0.1) is 0 Å². The molecule has 0 aromatic heterocycles. The van der Waals surface area contributed by atoms with Crippen molar-refractivity contribution in [3.8, 4) is 0 Å². The third kappa shape index (κ3) is 29.4. The first kappa shape index (κ1) is 9.73. The second-order valence-corrected chi connectivity index (χ2v) is 0.399. The molecule has 3 heteroatoms. The van der Waals surface area contributed by atoms with E-state index in [9.17, 15) is 13.2 Å². The van der Waals surface area contributed by atoms with Gasteiger partial charge in [-0.05, 0) is 0 Å². The zero-order valence-corrected chi connectivity index (χ0v) is 4.21. The van der Waals surface area contributed by atoms with Crippen LogP contribution >= 0.6 is 0 Å². The van der Waals surface area contributed by atoms with Crippen molar-refractivity contribution in [2.75, 3.05) is 0 Å². The van der Waals surface area contributed by atoms with Crippen LogP contribution in [0.3, 0.4) is 0 Å². The second kappa shape index (κ2) is 9.11. The summed E-state index contributed by atoms with van der Waals surface area (Å²) in [6.45, 7) is 4.00. The normalized spacial score (nSPS) is 5.86. The summed E-state index contributed by atoms with van der Waals surface area (Å²) in [5, 5.41) is 0. The molecule has 7 heavy (non-hydrogen) atoms. The highest BCUT2D eigenvalue weighted by molar-refractivity contribution is 4.66. The van der Waals surface area contributed by atoms with Crippen LogP contribution in [0.4, 0.5) is 13.2 Å². The number of halogens is 3. The molecule has 0 heterocycles. The molecular weight excluding hydrogens is 105 g/mol. The van der Waals surface area contributed by atoms with Crippen molar-refractivity contribution in [2.24, 2.45) is 0 Å². The molecule has 0 aliphatic carbocycles. The maximum atomic E-state index is 10.2. The first-order valence-electron chi connectivity index (χ1n) is 1.88. The summed E-state index contributed by atoms with van der Waals surface area (Å²) in [6, 6.07) is 0. The Morgan fingerprint density at radius 2 is 1.43 bits per heavy atom. The van der Waals surface area contributed by atoms with E-state index in [0.717, 1.165) is 0 Å². The molecule has 0 aromatic rings. The van der Waals surface area contributed by atoms with Crippen LogP contribution in [0.25, 0.3) is 0 Å². The minimum atomic E-state index is -2.29. The molecule has 0 radical (unpaired) electrons. The maximum absolute atomic E-state index is 10.2. The molecule has 0 spiro atoms. The Morgan fingerprint density at radius 3 is 1.43 bits per heavy atom. The topological polar surface area (TPSA) is 0 Å². The van der Waals surface area contributed by atoms with Gasteiger partial charge < -0.3 is 0 Å². The Balaban J connectivity index is 0. The largest absolute Gasteiger partial charge is 0.298 e. The molecule has 0 unspecified atom stereocenters. The van der Waals surface area contributed by atoms with Crippen molar-refractivity contribution in [3.05, 3.63) is 12.4 Å². The fourth-order valence-electron chi connectivity index (χ4n) is 0. The van der Waals surface area contributed by atoms with Crippen LogP contribution in [0.5, 0.6) is 0 Å². The third-order valence-electron chi connectivity index (χ3n) is 0.0825. The molecule has 0 aromatic carbocycles. The van der Waals surface area contributed by atoms with Crippen LogP contribution in [-0.4, -0.2) is 0 Å². The number of hydrogen-bond acceptors (Lipinski definition) is 0. The van der Waals surface area contributed by atoms with Gasteiger partial charge in [0.15, 0.2) is 6.33 Å². The van der Waals surface area contributed by atoms with E-state index in [2.05, 4.69) is 0 Å². The van der Waals surface area contributed by atoms with Crippen molar-refractivity contribution in [2.45, 2.75) is 13.8 Å². The minimum Gasteiger partial charge on any atom is -0.210 e. The zero-order valence-electron chi connectivity index (χ0n) is 4.21. The van der Waals surface area contributed by atoms with Crippen molar-refractivity contribution < 1.29 is 13.2 Å². The number of hydrogen-bond donors (Lipinski definition) is 0. The SMILES string of the molecule is CC.FC=C(F)F. The minimum absolute atomic E-state index is 0.750. The molecule has 0 N–H and O–H groups in total. The van der Waals surface area contributed by atoms with Crippen LogP contribution in [-0.2, 0) is 0 Å². The van der Waals surface area contributed by atoms with Crippen LogP contribution < -0.4 is 0 Å². The summed E-state index contributed by atoms with van der Waals surface area (Å²) >= 11 is 0. The highest BCUT2D eigenvalue weighted by Crippen LogP contribution is 1.93. The Bertz CT molecular complexity index is 44.9. The lowest BCUT2D eigenvalue weighted by Gasteiger charge is -1.59. The van der Waals surface area contributed by atoms with E-state index in [1.165, 1.54) is 0 Å². The van der Waals surface area contributed by atoms with Gasteiger partial charge in [-0.1, -0.05) is 13.8 Å². The van der Waals surface area contributed by atoms with E-state index in [-0.39, 0.29) is 0 Å². The Morgan fingerprint density at radius 1 is 1.29 bits per heavy atom. The van der Waals surface area contributed by atoms with Crippen molar-refractivity contribution >= 4 is 0 Å². The van der Waals surface area contributed by atoms with Gasteiger partial charge in [-0.3, -0.25) is 0 Å². The van der Waals surface area contributed by atoms with Crippen LogP contribution in [0.2, 0.25) is 0 Å². The van der Waals surface area contributed by atoms with Gasteiger partial charge in [0.25, 0.3) is 6.08 Å². The molecule has 0 bridgehead atoms. The Labute approximate surface area is 40.6 Å². The second-order valence-electron chi connectivity index (χ2n) is 0.399. The molecule has 0 aliphatic rings. The van der Waals surface area contributed by atoms with E-state index >= 15 is 0 Å². The summed E-state index contributed by atoms with van der Waals surface area (Å²) in [7, 11) is 0. The van der Waals surface area contributed by atoms with Gasteiger partial charge >= 0.3 is 0 Å². The van der Waals surface area contributed by atoms with Crippen molar-refractivity contribution in [3.63, 3.8) is 0 Å². The molecule has 0 nitrogen and oxygen atoms in total. The summed E-state index contributed by atoms with van der Waals surface area (Å²) in [4.78, 5) is 0. The smallest absolute Gasteiger partial charge is 0.210 e. The Hall–Kier alpha value is -0.470. The van der Waals surface area contributed by atoms with Crippen molar-refractivity contribution in [1.29, 1.82) is 0 Å². The maximum Gasteiger partial charge on any atom is 0.298 e. The molecule has 0 rings (SSSR count). The summed E-state index contributed by atoms with van der Waals surface area (Å²) < 4.78 is 30.7. The molecule has 0 fully saturated rings. The van der Waals surface area contributed by atoms with E-state index in [1.807, 2.05) is 13.8 Å². The highest BCUT2D eigenvalue weighted by atomic mass is 19.3. The molecule has 0 saturated carbocycles. The molecule has 0 amide bonds. The lowest BCUT2D eigenvalue weighted by Crippen LogP contribution is -1.42. The molecule has 44 valence electrons. The van der Waals surface area contributed by atoms with E-state index < -0.39 is 12.4 Å². The van der Waals surface area contributed by atoms with Crippen molar-refractivity contribution in [1.82, 2.24) is 0 Å². The quantitative estimate of drug-likeness (QED) is 0.452. The monoisotopic (exact) mass is 112 g/mol. The van der Waals surface area contributed by atoms with Gasteiger partial charge in [-0.2, -0.15) is 8.78 Å². The summed E-state index contributed by atoms with van der Waals surface area (Å²) in [6.07, 6.45) is -3.04. The molecule has 0 atom stereocenters. The highest BCUT2D eigenvalue weighted by Gasteiger charge is 1.78. The Kier molecular flexibility index (Phi) is 12.7. The summed E-state index contributed by atoms with van der Waals surface area (Å²) in [5.74, 6) is 0. The molecular formula is C4H7F3. The number of rotatable bonds is 0. The fourth-order valence-corrected chi connectivity index (χ4v) is 0. The summed E-state index contributed by atoms with van der Waals surface area (Å²) in [5.41, 5.74) is 0. The lowest BCUT2D eigenvalue weighted by atomic mass is 11.0. The van der Waals surface area contributed by atoms with Crippen LogP contribution in [0.15, 0.2) is 12.4 Å². The first-order chi connectivity index (χ1) is 3.27. The predicted molar refractivity (Wildman–Crippen MR) is 22.8 cm³/mol. The first-order valence-corrected chi connectivity index (χ1v) is 1.88. The average molecular weight is 112 g/mol. The third-order valence-corrected chi connectivity index (χ3v) is 0.0825. The standard InChI is InChI=1S/C2HF3.C2H6/c3-1-2(4)5;1-2/h1H;1-2H3. The van der Waals surface area contributed by atoms with Gasteiger partial charge in [0, 0.05) is 0 Å². The van der Waals surface area contributed by atoms with Gasteiger partial charge in [0.1, 0.15) is 0 Å². The van der Waals surface area contributed by atoms with E-state index in [4.69, 9.17) is 0 Å². The van der Waals surface area contributed by atoms with E-state index in [1.54, 1.807) is 0 Å². The van der Waals surface area contributed by atoms with Gasteiger partial charge in [-0.25, -0.2) is 4.39 Å². The van der Waals surface area contributed by atoms with Crippen LogP contribution in [0.1, 0.15) is 13.8 Å². The fraction of sp³-hybridized carbons (Fsp3) is 0.500. The zero-order chi connectivity index (χ0) is 6.28. The van der Waals surface area contributed by atoms with Gasteiger partial charge in [0.05, 0.1) is 0 Å². The van der Waals surface area contributed by atoms with Crippen LogP contribution in [0, 0.1) is 0 Å². The lowest BCUT2D eigenvalue weighted by molar-refractivity contribution is 0.400. The molecule has 0 aliphatic heterocycles. The average Bonchev–Trinajstić information content (AvgIpc) is 1.73. The predicted octanol–water partition coefficient (Wildman–Crippen LogP) is 2.72. The molecule has 0 saturated heterocycles.